The van der Waals surface area contributed by atoms with Crippen LogP contribution in [0, 0.1) is 0 Å². The maximum absolute atomic E-state index is 13.0. The van der Waals surface area contributed by atoms with Gasteiger partial charge in [-0.25, -0.2) is 13.4 Å². The Bertz CT molecular complexity index is 1210. The maximum Gasteiger partial charge on any atom is 0.263 e. The van der Waals surface area contributed by atoms with Crippen LogP contribution in [-0.4, -0.2) is 43.8 Å². The van der Waals surface area contributed by atoms with Crippen molar-refractivity contribution in [3.8, 4) is 23.1 Å². The molecule has 182 valence electrons. The molecule has 1 heterocycles. The van der Waals surface area contributed by atoms with Crippen molar-refractivity contribution in [2.45, 2.75) is 31.9 Å². The number of rotatable bonds is 10. The number of aromatic nitrogens is 2. The second kappa shape index (κ2) is 10.7. The summed E-state index contributed by atoms with van der Waals surface area (Å²) >= 11 is 0. The summed E-state index contributed by atoms with van der Waals surface area (Å²) in [6.45, 7) is 5.97. The average molecular weight is 488 g/mol. The second-order valence-electron chi connectivity index (χ2n) is 8.52. The number of aliphatic hydroxyl groups excluding tert-OH is 1. The fourth-order valence-corrected chi connectivity index (χ4v) is 4.20. The molecule has 0 spiro atoms. The molecule has 3 aromatic rings. The number of nitrogens with zero attached hydrogens (tertiary/aromatic N) is 2. The molecule has 34 heavy (non-hydrogen) atoms. The highest BCUT2D eigenvalue weighted by Gasteiger charge is 2.22. The molecule has 2 aromatic carbocycles. The van der Waals surface area contributed by atoms with E-state index in [4.69, 9.17) is 19.3 Å². The Morgan fingerprint density at radius 1 is 1.03 bits per heavy atom. The molecule has 0 radical (unpaired) electrons. The topological polar surface area (TPSA) is 120 Å². The molecular formula is C24H29N3O6S. The van der Waals surface area contributed by atoms with Gasteiger partial charge in [-0.3, -0.25) is 4.72 Å². The van der Waals surface area contributed by atoms with E-state index in [1.807, 2.05) is 12.1 Å². The van der Waals surface area contributed by atoms with Gasteiger partial charge in [0.15, 0.2) is 5.82 Å². The van der Waals surface area contributed by atoms with E-state index in [1.54, 1.807) is 36.4 Å². The third-order valence-corrected chi connectivity index (χ3v) is 6.01. The highest BCUT2D eigenvalue weighted by Crippen LogP contribution is 2.37. The number of methoxy groups -OCH3 is 1. The molecule has 0 saturated carbocycles. The summed E-state index contributed by atoms with van der Waals surface area (Å²) in [4.78, 5) is 8.09. The van der Waals surface area contributed by atoms with Crippen LogP contribution >= 0.6 is 0 Å². The number of ether oxygens (including phenoxy) is 3. The highest BCUT2D eigenvalue weighted by molar-refractivity contribution is 7.91. The lowest BCUT2D eigenvalue weighted by Gasteiger charge is -2.19. The van der Waals surface area contributed by atoms with Gasteiger partial charge < -0.3 is 19.3 Å². The first-order valence-corrected chi connectivity index (χ1v) is 12.3. The molecule has 0 aliphatic heterocycles. The van der Waals surface area contributed by atoms with Gasteiger partial charge in [-0.2, -0.15) is 4.98 Å². The number of nitrogens with one attached hydrogen (secondary N) is 1. The first-order chi connectivity index (χ1) is 16.1. The maximum atomic E-state index is 13.0. The quantitative estimate of drug-likeness (QED) is 0.442. The van der Waals surface area contributed by atoms with Gasteiger partial charge in [-0.15, -0.1) is 0 Å². The Morgan fingerprint density at radius 2 is 1.74 bits per heavy atom. The Labute approximate surface area is 199 Å². The molecule has 0 saturated heterocycles. The van der Waals surface area contributed by atoms with Gasteiger partial charge >= 0.3 is 0 Å². The summed E-state index contributed by atoms with van der Waals surface area (Å²) in [6.07, 6.45) is 1.15. The lowest BCUT2D eigenvalue weighted by molar-refractivity contribution is 0.192. The van der Waals surface area contributed by atoms with E-state index < -0.39 is 10.0 Å². The van der Waals surface area contributed by atoms with Crippen LogP contribution in [0.1, 0.15) is 31.9 Å². The molecule has 10 heteroatoms. The van der Waals surface area contributed by atoms with Crippen LogP contribution in [0.5, 0.6) is 23.1 Å². The fourth-order valence-electron chi connectivity index (χ4n) is 3.05. The zero-order valence-corrected chi connectivity index (χ0v) is 20.4. The standard InChI is InChI=1S/C24H29N3O6S/c1-24(2,3)18-10-8-17(9-11-18)15-34(29,30)27-22-21(23(26-16-25-22)32-13-12-28)33-20-7-5-6-19(14-20)31-4/h5-11,14,16,28H,12-13,15H2,1-4H3,(H,25,26,27). The smallest absolute Gasteiger partial charge is 0.263 e. The minimum Gasteiger partial charge on any atom is -0.497 e. The van der Waals surface area contributed by atoms with Crippen molar-refractivity contribution in [3.63, 3.8) is 0 Å². The lowest BCUT2D eigenvalue weighted by atomic mass is 9.87. The normalized spacial score (nSPS) is 11.7. The van der Waals surface area contributed by atoms with E-state index in [0.717, 1.165) is 11.9 Å². The van der Waals surface area contributed by atoms with E-state index in [9.17, 15) is 8.42 Å². The predicted octanol–water partition coefficient (Wildman–Crippen LogP) is 3.89. The summed E-state index contributed by atoms with van der Waals surface area (Å²) in [5.41, 5.74) is 1.70. The molecular weight excluding hydrogens is 458 g/mol. The number of aliphatic hydroxyl groups is 1. The van der Waals surface area contributed by atoms with E-state index >= 15 is 0 Å². The average Bonchev–Trinajstić information content (AvgIpc) is 2.78. The first kappa shape index (κ1) is 25.3. The molecule has 3 rings (SSSR count). The SMILES string of the molecule is COc1cccc(Oc2c(NS(=O)(=O)Cc3ccc(C(C)(C)C)cc3)ncnc2OCCO)c1. The predicted molar refractivity (Wildman–Crippen MR) is 129 cm³/mol. The van der Waals surface area contributed by atoms with Crippen LogP contribution in [0.25, 0.3) is 0 Å². The number of anilines is 1. The van der Waals surface area contributed by atoms with Gasteiger partial charge in [0.25, 0.3) is 5.88 Å². The van der Waals surface area contributed by atoms with Gasteiger partial charge in [0.2, 0.25) is 15.8 Å². The molecule has 0 bridgehead atoms. The first-order valence-electron chi connectivity index (χ1n) is 10.6. The summed E-state index contributed by atoms with van der Waals surface area (Å²) < 4.78 is 44.9. The number of sulfonamides is 1. The van der Waals surface area contributed by atoms with Gasteiger partial charge in [-0.1, -0.05) is 51.1 Å². The summed E-state index contributed by atoms with van der Waals surface area (Å²) in [5, 5.41) is 9.13. The number of hydrogen-bond donors (Lipinski definition) is 2. The Hall–Kier alpha value is -3.37. The summed E-state index contributed by atoms with van der Waals surface area (Å²) in [6, 6.07) is 14.2. The van der Waals surface area contributed by atoms with Crippen molar-refractivity contribution in [2.24, 2.45) is 0 Å². The van der Waals surface area contributed by atoms with Crippen molar-refractivity contribution >= 4 is 15.8 Å². The van der Waals surface area contributed by atoms with Crippen molar-refractivity contribution in [3.05, 3.63) is 66.0 Å². The third kappa shape index (κ3) is 6.82. The van der Waals surface area contributed by atoms with E-state index in [1.165, 1.54) is 7.11 Å². The zero-order valence-electron chi connectivity index (χ0n) is 19.6. The highest BCUT2D eigenvalue weighted by atomic mass is 32.2. The number of benzene rings is 2. The molecule has 9 nitrogen and oxygen atoms in total. The van der Waals surface area contributed by atoms with Crippen molar-refractivity contribution in [1.82, 2.24) is 9.97 Å². The fraction of sp³-hybridized carbons (Fsp3) is 0.333. The minimum atomic E-state index is -3.85. The van der Waals surface area contributed by atoms with Crippen LogP contribution in [0.4, 0.5) is 5.82 Å². The van der Waals surface area contributed by atoms with Crippen molar-refractivity contribution in [1.29, 1.82) is 0 Å². The van der Waals surface area contributed by atoms with Crippen LogP contribution in [-0.2, 0) is 21.2 Å². The molecule has 0 amide bonds. The summed E-state index contributed by atoms with van der Waals surface area (Å²) in [5.74, 6) is 0.522. The minimum absolute atomic E-state index is 0.0147. The van der Waals surface area contributed by atoms with Gasteiger partial charge in [-0.05, 0) is 28.7 Å². The Balaban J connectivity index is 1.88. The molecule has 0 aliphatic rings. The molecule has 2 N–H and O–H groups in total. The Kier molecular flexibility index (Phi) is 7.95. The van der Waals surface area contributed by atoms with Gasteiger partial charge in [0.05, 0.1) is 19.5 Å². The molecule has 0 fully saturated rings. The zero-order chi connectivity index (χ0) is 24.8. The second-order valence-corrected chi connectivity index (χ2v) is 10.2. The molecule has 0 aliphatic carbocycles. The van der Waals surface area contributed by atoms with E-state index in [0.29, 0.717) is 17.1 Å². The van der Waals surface area contributed by atoms with Crippen LogP contribution in [0.15, 0.2) is 54.9 Å². The van der Waals surface area contributed by atoms with Crippen LogP contribution < -0.4 is 18.9 Å². The third-order valence-electron chi connectivity index (χ3n) is 4.79. The van der Waals surface area contributed by atoms with Crippen molar-refractivity contribution < 1.29 is 27.7 Å². The van der Waals surface area contributed by atoms with E-state index in [-0.39, 0.29) is 41.8 Å². The largest absolute Gasteiger partial charge is 0.497 e. The van der Waals surface area contributed by atoms with Crippen molar-refractivity contribution in [2.75, 3.05) is 25.0 Å². The number of hydrogen-bond acceptors (Lipinski definition) is 8. The van der Waals surface area contributed by atoms with Crippen LogP contribution in [0.2, 0.25) is 0 Å². The van der Waals surface area contributed by atoms with Gasteiger partial charge in [0, 0.05) is 6.07 Å². The lowest BCUT2D eigenvalue weighted by Crippen LogP contribution is -2.17. The van der Waals surface area contributed by atoms with Crippen LogP contribution in [0.3, 0.4) is 0 Å². The molecule has 0 atom stereocenters. The van der Waals surface area contributed by atoms with Gasteiger partial charge in [0.1, 0.15) is 24.4 Å². The monoisotopic (exact) mass is 487 g/mol. The van der Waals surface area contributed by atoms with E-state index in [2.05, 4.69) is 35.5 Å². The Morgan fingerprint density at radius 3 is 2.38 bits per heavy atom. The molecule has 1 aromatic heterocycles. The molecule has 0 unspecified atom stereocenters. The summed E-state index contributed by atoms with van der Waals surface area (Å²) in [7, 11) is -2.33.